The number of hydrogen-bond acceptors (Lipinski definition) is 0. The van der Waals surface area contributed by atoms with Crippen LogP contribution >= 0.6 is 0 Å². The SMILES string of the molecule is C[Si](C)(C)C#Cc1ccc(C2C(c3ccccc3)=C(c3ccccc3)c3cc(C#C[Si](C)(C)C)ccc32)cc1. The Labute approximate surface area is 236 Å². The molecule has 0 nitrogen and oxygen atoms in total. The molecule has 0 saturated heterocycles. The van der Waals surface area contributed by atoms with Crippen LogP contribution in [0.4, 0.5) is 0 Å². The van der Waals surface area contributed by atoms with Crippen molar-refractivity contribution in [1.82, 2.24) is 0 Å². The van der Waals surface area contributed by atoms with E-state index in [1.807, 2.05) is 0 Å². The Morgan fingerprint density at radius 2 is 1.05 bits per heavy atom. The fraction of sp³-hybridized carbons (Fsp3) is 0.189. The monoisotopic (exact) mass is 536 g/mol. The highest BCUT2D eigenvalue weighted by molar-refractivity contribution is 6.84. The van der Waals surface area contributed by atoms with Crippen molar-refractivity contribution in [3.8, 4) is 22.9 Å². The van der Waals surface area contributed by atoms with E-state index in [9.17, 15) is 0 Å². The zero-order valence-electron chi connectivity index (χ0n) is 23.9. The van der Waals surface area contributed by atoms with Crippen LogP contribution in [0.2, 0.25) is 39.3 Å². The average molecular weight is 537 g/mol. The summed E-state index contributed by atoms with van der Waals surface area (Å²) in [5.74, 6) is 7.06. The third kappa shape index (κ3) is 6.26. The third-order valence-electron chi connectivity index (χ3n) is 6.75. The molecule has 4 aromatic carbocycles. The Bertz CT molecular complexity index is 1640. The maximum absolute atomic E-state index is 3.56. The molecule has 1 atom stereocenters. The lowest BCUT2D eigenvalue weighted by Crippen LogP contribution is -2.16. The standard InChI is InChI=1S/C37H36Si2/c1-38(2,3)25-23-28-17-20-32(21-18-28)35-33-22-19-29(24-26-39(4,5)6)27-34(33)36(30-13-9-7-10-14-30)37(35)31-15-11-8-12-16-31/h7-22,27,35H,1-6H3. The third-order valence-corrected chi connectivity index (χ3v) is 8.50. The Kier molecular flexibility index (Phi) is 7.37. The van der Waals surface area contributed by atoms with Crippen LogP contribution in [-0.4, -0.2) is 16.1 Å². The van der Waals surface area contributed by atoms with Gasteiger partial charge < -0.3 is 0 Å². The summed E-state index contributed by atoms with van der Waals surface area (Å²) in [6.45, 7) is 13.7. The summed E-state index contributed by atoms with van der Waals surface area (Å²) >= 11 is 0. The van der Waals surface area contributed by atoms with E-state index in [0.29, 0.717) is 0 Å². The van der Waals surface area contributed by atoms with Gasteiger partial charge in [0.2, 0.25) is 0 Å². The predicted octanol–water partition coefficient (Wildman–Crippen LogP) is 9.25. The Morgan fingerprint density at radius 3 is 1.62 bits per heavy atom. The summed E-state index contributed by atoms with van der Waals surface area (Å²) in [6.07, 6.45) is 0. The molecule has 0 aromatic heterocycles. The van der Waals surface area contributed by atoms with Gasteiger partial charge in [-0.3, -0.25) is 0 Å². The highest BCUT2D eigenvalue weighted by Gasteiger charge is 2.34. The van der Waals surface area contributed by atoms with Crippen molar-refractivity contribution in [3.63, 3.8) is 0 Å². The number of fused-ring (bicyclic) bond motifs is 1. The van der Waals surface area contributed by atoms with Crippen molar-refractivity contribution in [2.45, 2.75) is 45.2 Å². The maximum atomic E-state index is 3.56. The lowest BCUT2D eigenvalue weighted by atomic mass is 9.84. The van der Waals surface area contributed by atoms with E-state index >= 15 is 0 Å². The van der Waals surface area contributed by atoms with Crippen molar-refractivity contribution in [3.05, 3.63) is 142 Å². The minimum atomic E-state index is -1.48. The molecule has 0 amide bonds. The van der Waals surface area contributed by atoms with Gasteiger partial charge in [0.25, 0.3) is 0 Å². The molecule has 1 aliphatic rings. The van der Waals surface area contributed by atoms with E-state index in [0.717, 1.165) is 11.1 Å². The summed E-state index contributed by atoms with van der Waals surface area (Å²) in [5, 5.41) is 0. The molecule has 0 N–H and O–H groups in total. The molecule has 39 heavy (non-hydrogen) atoms. The summed E-state index contributed by atoms with van der Waals surface area (Å²) < 4.78 is 0. The average Bonchev–Trinajstić information content (AvgIpc) is 3.26. The molecule has 0 saturated carbocycles. The molecule has 0 bridgehead atoms. The highest BCUT2D eigenvalue weighted by atomic mass is 28.3. The first-order valence-electron chi connectivity index (χ1n) is 13.7. The van der Waals surface area contributed by atoms with E-state index in [1.165, 1.54) is 39.0 Å². The lowest BCUT2D eigenvalue weighted by Gasteiger charge is -2.19. The van der Waals surface area contributed by atoms with Crippen molar-refractivity contribution < 1.29 is 0 Å². The van der Waals surface area contributed by atoms with Gasteiger partial charge >= 0.3 is 0 Å². The van der Waals surface area contributed by atoms with Gasteiger partial charge in [-0.2, -0.15) is 0 Å². The lowest BCUT2D eigenvalue weighted by molar-refractivity contribution is 1.06. The first-order valence-corrected chi connectivity index (χ1v) is 20.7. The van der Waals surface area contributed by atoms with Crippen molar-refractivity contribution in [2.75, 3.05) is 0 Å². The van der Waals surface area contributed by atoms with Crippen molar-refractivity contribution in [1.29, 1.82) is 0 Å². The number of allylic oxidation sites excluding steroid dienone is 1. The second-order valence-electron chi connectivity index (χ2n) is 12.4. The minimum Gasteiger partial charge on any atom is -0.127 e. The molecule has 2 heteroatoms. The summed E-state index contributed by atoms with van der Waals surface area (Å²) in [6, 6.07) is 37.5. The van der Waals surface area contributed by atoms with Crippen molar-refractivity contribution >= 4 is 27.3 Å². The Balaban J connectivity index is 1.74. The van der Waals surface area contributed by atoms with Crippen LogP contribution in [0.1, 0.15) is 44.9 Å². The number of hydrogen-bond donors (Lipinski definition) is 0. The van der Waals surface area contributed by atoms with E-state index in [2.05, 4.69) is 165 Å². The fourth-order valence-corrected chi connectivity index (χ4v) is 6.05. The second-order valence-corrected chi connectivity index (χ2v) is 21.9. The molecule has 0 spiro atoms. The topological polar surface area (TPSA) is 0 Å². The van der Waals surface area contributed by atoms with E-state index in [-0.39, 0.29) is 5.92 Å². The fourth-order valence-electron chi connectivity index (χ4n) is 5.02. The Morgan fingerprint density at radius 1 is 0.538 bits per heavy atom. The van der Waals surface area contributed by atoms with Gasteiger partial charge in [0.05, 0.1) is 0 Å². The van der Waals surface area contributed by atoms with Gasteiger partial charge in [0.15, 0.2) is 0 Å². The van der Waals surface area contributed by atoms with Gasteiger partial charge in [-0.25, -0.2) is 0 Å². The summed E-state index contributed by atoms with van der Waals surface area (Å²) in [5.41, 5.74) is 18.3. The van der Waals surface area contributed by atoms with Gasteiger partial charge in [0, 0.05) is 17.0 Å². The molecular weight excluding hydrogens is 501 g/mol. The van der Waals surface area contributed by atoms with Crippen LogP contribution in [0.3, 0.4) is 0 Å². The highest BCUT2D eigenvalue weighted by Crippen LogP contribution is 2.52. The largest absolute Gasteiger partial charge is 0.129 e. The summed E-state index contributed by atoms with van der Waals surface area (Å²) in [4.78, 5) is 0. The molecule has 1 unspecified atom stereocenters. The molecule has 0 radical (unpaired) electrons. The van der Waals surface area contributed by atoms with E-state index in [4.69, 9.17) is 0 Å². The van der Waals surface area contributed by atoms with Crippen LogP contribution in [0, 0.1) is 22.9 Å². The number of benzene rings is 4. The Hall–Kier alpha value is -3.83. The van der Waals surface area contributed by atoms with Crippen LogP contribution in [0.25, 0.3) is 11.1 Å². The van der Waals surface area contributed by atoms with E-state index in [1.54, 1.807) is 0 Å². The zero-order chi connectivity index (χ0) is 27.6. The zero-order valence-corrected chi connectivity index (χ0v) is 25.9. The molecular formula is C37H36Si2. The van der Waals surface area contributed by atoms with Gasteiger partial charge in [-0.05, 0) is 63.2 Å². The predicted molar refractivity (Wildman–Crippen MR) is 174 cm³/mol. The molecule has 0 fully saturated rings. The minimum absolute atomic E-state index is 0.135. The van der Waals surface area contributed by atoms with Gasteiger partial charge in [0.1, 0.15) is 16.1 Å². The van der Waals surface area contributed by atoms with Crippen LogP contribution in [0.15, 0.2) is 103 Å². The number of rotatable bonds is 3. The normalized spacial score (nSPS) is 14.7. The first-order chi connectivity index (χ1) is 18.6. The smallest absolute Gasteiger partial charge is 0.127 e. The molecule has 0 heterocycles. The van der Waals surface area contributed by atoms with Crippen LogP contribution in [-0.2, 0) is 0 Å². The molecule has 0 aliphatic heterocycles. The van der Waals surface area contributed by atoms with Crippen molar-refractivity contribution in [2.24, 2.45) is 0 Å². The summed E-state index contributed by atoms with van der Waals surface area (Å²) in [7, 11) is -2.91. The molecule has 4 aromatic rings. The maximum Gasteiger partial charge on any atom is 0.129 e. The molecule has 1 aliphatic carbocycles. The van der Waals surface area contributed by atoms with Crippen LogP contribution < -0.4 is 0 Å². The van der Waals surface area contributed by atoms with Gasteiger partial charge in [-0.15, -0.1) is 11.1 Å². The molecule has 192 valence electrons. The van der Waals surface area contributed by atoms with E-state index < -0.39 is 16.1 Å². The van der Waals surface area contributed by atoms with Crippen LogP contribution in [0.5, 0.6) is 0 Å². The molecule has 5 rings (SSSR count). The first kappa shape index (κ1) is 26.8. The van der Waals surface area contributed by atoms with Gasteiger partial charge in [-0.1, -0.05) is 130 Å². The second kappa shape index (κ2) is 10.7. The quantitative estimate of drug-likeness (QED) is 0.181.